The highest BCUT2D eigenvalue weighted by atomic mass is 35.5. The fraction of sp³-hybridized carbons (Fsp3) is 0.278. The Hall–Kier alpha value is -2.24. The van der Waals surface area contributed by atoms with Gasteiger partial charge >= 0.3 is 0 Å². The van der Waals surface area contributed by atoms with Crippen molar-refractivity contribution in [2.24, 2.45) is 0 Å². The summed E-state index contributed by atoms with van der Waals surface area (Å²) in [6.45, 7) is 2.79. The van der Waals surface area contributed by atoms with Crippen molar-refractivity contribution in [2.75, 3.05) is 29.2 Å². The van der Waals surface area contributed by atoms with E-state index in [0.717, 1.165) is 11.4 Å². The van der Waals surface area contributed by atoms with Gasteiger partial charge in [-0.2, -0.15) is 0 Å². The van der Waals surface area contributed by atoms with E-state index in [1.165, 1.54) is 0 Å². The van der Waals surface area contributed by atoms with Gasteiger partial charge in [-0.25, -0.2) is 0 Å². The molecular weight excluding hydrogens is 328 g/mol. The normalized spacial score (nSPS) is 14.3. The van der Waals surface area contributed by atoms with Gasteiger partial charge in [0.15, 0.2) is 5.75 Å². The molecule has 126 valence electrons. The van der Waals surface area contributed by atoms with Gasteiger partial charge in [0.25, 0.3) is 5.91 Å². The summed E-state index contributed by atoms with van der Waals surface area (Å²) in [6.07, 6.45) is -0.645. The molecule has 2 aromatic rings. The lowest BCUT2D eigenvalue weighted by atomic mass is 10.1. The lowest BCUT2D eigenvalue weighted by Crippen LogP contribution is -2.29. The third-order valence-electron chi connectivity index (χ3n) is 3.87. The van der Waals surface area contributed by atoms with Gasteiger partial charge in [-0.3, -0.25) is 4.79 Å². The number of aliphatic hydroxyl groups is 1. The number of amides is 1. The Kier molecular flexibility index (Phi) is 4.92. The van der Waals surface area contributed by atoms with Crippen LogP contribution in [0.3, 0.4) is 0 Å². The van der Waals surface area contributed by atoms with Crippen LogP contribution in [-0.4, -0.2) is 36.1 Å². The minimum Gasteiger partial charge on any atom is -0.454 e. The molecule has 1 heterocycles. The van der Waals surface area contributed by atoms with Crippen LogP contribution in [0.25, 0.3) is 0 Å². The van der Waals surface area contributed by atoms with Gasteiger partial charge in [0, 0.05) is 18.8 Å². The zero-order valence-corrected chi connectivity index (χ0v) is 14.1. The van der Waals surface area contributed by atoms with Crippen molar-refractivity contribution in [3.63, 3.8) is 0 Å². The van der Waals surface area contributed by atoms with Gasteiger partial charge < -0.3 is 20.1 Å². The highest BCUT2D eigenvalue weighted by Gasteiger charge is 2.27. The zero-order chi connectivity index (χ0) is 17.1. The molecule has 1 atom stereocenters. The predicted octanol–water partition coefficient (Wildman–Crippen LogP) is 3.47. The molecule has 0 spiro atoms. The molecule has 1 aliphatic heterocycles. The number of ether oxygens (including phenoxy) is 1. The molecule has 1 amide bonds. The van der Waals surface area contributed by atoms with E-state index in [1.807, 2.05) is 37.3 Å². The Morgan fingerprint density at radius 1 is 1.25 bits per heavy atom. The highest BCUT2D eigenvalue weighted by Crippen LogP contribution is 2.39. The molecule has 2 aromatic carbocycles. The number of carbonyl (C=O) groups excluding carboxylic acids is 1. The van der Waals surface area contributed by atoms with Crippen LogP contribution in [0.2, 0.25) is 0 Å². The van der Waals surface area contributed by atoms with E-state index in [-0.39, 0.29) is 11.8 Å². The van der Waals surface area contributed by atoms with Crippen LogP contribution in [0.4, 0.5) is 11.4 Å². The molecule has 0 saturated heterocycles. The molecule has 0 aliphatic carbocycles. The highest BCUT2D eigenvalue weighted by molar-refractivity contribution is 6.18. The average Bonchev–Trinajstić information content (AvgIpc) is 2.73. The summed E-state index contributed by atoms with van der Waals surface area (Å²) in [6, 6.07) is 12.8. The molecule has 24 heavy (non-hydrogen) atoms. The molecule has 3 rings (SSSR count). The van der Waals surface area contributed by atoms with Crippen LogP contribution in [-0.2, 0) is 0 Å². The van der Waals surface area contributed by atoms with Crippen molar-refractivity contribution in [3.05, 3.63) is 48.0 Å². The van der Waals surface area contributed by atoms with Crippen LogP contribution in [0.5, 0.6) is 11.5 Å². The zero-order valence-electron chi connectivity index (χ0n) is 13.3. The van der Waals surface area contributed by atoms with Crippen molar-refractivity contribution in [2.45, 2.75) is 13.0 Å². The second-order valence-electron chi connectivity index (χ2n) is 5.52. The van der Waals surface area contributed by atoms with Gasteiger partial charge in [-0.15, -0.1) is 11.6 Å². The maximum Gasteiger partial charge on any atom is 0.262 e. The molecule has 0 aromatic heterocycles. The van der Waals surface area contributed by atoms with Crippen molar-refractivity contribution < 1.29 is 14.6 Å². The van der Waals surface area contributed by atoms with Gasteiger partial charge in [0.05, 0.1) is 23.2 Å². The quantitative estimate of drug-likeness (QED) is 0.814. The Labute approximate surface area is 145 Å². The molecule has 0 fully saturated rings. The number of carbonyl (C=O) groups is 1. The van der Waals surface area contributed by atoms with Crippen LogP contribution < -0.4 is 15.0 Å². The molecule has 1 unspecified atom stereocenters. The maximum absolute atomic E-state index is 12.9. The van der Waals surface area contributed by atoms with Gasteiger partial charge in [-0.05, 0) is 37.3 Å². The standard InChI is InChI=1S/C18H19ClN2O3/c1-2-21-15-5-3-4-6-17(15)24-16-8-7-12(9-14(16)18(21)23)20-11-13(22)10-19/h3-9,13,20,22H,2,10-11H2,1H3. The summed E-state index contributed by atoms with van der Waals surface area (Å²) in [4.78, 5) is 14.6. The number of hydrogen-bond acceptors (Lipinski definition) is 4. The molecular formula is C18H19ClN2O3. The van der Waals surface area contributed by atoms with Gasteiger partial charge in [0.1, 0.15) is 5.75 Å². The lowest BCUT2D eigenvalue weighted by molar-refractivity contribution is 0.0988. The van der Waals surface area contributed by atoms with Crippen LogP contribution in [0.1, 0.15) is 17.3 Å². The molecule has 2 N–H and O–H groups in total. The first-order valence-corrected chi connectivity index (χ1v) is 8.38. The monoisotopic (exact) mass is 346 g/mol. The molecule has 0 radical (unpaired) electrons. The molecule has 0 bridgehead atoms. The van der Waals surface area contributed by atoms with Crippen molar-refractivity contribution >= 4 is 28.9 Å². The summed E-state index contributed by atoms with van der Waals surface area (Å²) in [7, 11) is 0. The van der Waals surface area contributed by atoms with Crippen molar-refractivity contribution in [1.82, 2.24) is 0 Å². The Morgan fingerprint density at radius 2 is 2.04 bits per heavy atom. The van der Waals surface area contributed by atoms with E-state index in [9.17, 15) is 9.90 Å². The third kappa shape index (κ3) is 3.18. The van der Waals surface area contributed by atoms with Crippen LogP contribution >= 0.6 is 11.6 Å². The van der Waals surface area contributed by atoms with Crippen molar-refractivity contribution in [1.29, 1.82) is 0 Å². The Balaban J connectivity index is 1.95. The summed E-state index contributed by atoms with van der Waals surface area (Å²) in [5.74, 6) is 1.22. The average molecular weight is 347 g/mol. The number of nitrogens with one attached hydrogen (secondary N) is 1. The number of fused-ring (bicyclic) bond motifs is 2. The fourth-order valence-electron chi connectivity index (χ4n) is 2.64. The smallest absolute Gasteiger partial charge is 0.262 e. The van der Waals surface area contributed by atoms with Crippen LogP contribution in [0, 0.1) is 0 Å². The summed E-state index contributed by atoms with van der Waals surface area (Å²) >= 11 is 5.60. The van der Waals surface area contributed by atoms with E-state index >= 15 is 0 Å². The topological polar surface area (TPSA) is 61.8 Å². The summed E-state index contributed by atoms with van der Waals surface area (Å²) in [5.41, 5.74) is 1.98. The largest absolute Gasteiger partial charge is 0.454 e. The lowest BCUT2D eigenvalue weighted by Gasteiger charge is -2.20. The first-order valence-electron chi connectivity index (χ1n) is 7.84. The maximum atomic E-state index is 12.9. The number of aliphatic hydroxyl groups excluding tert-OH is 1. The molecule has 5 nitrogen and oxygen atoms in total. The number of alkyl halides is 1. The number of para-hydroxylation sites is 2. The first kappa shape index (κ1) is 16.6. The third-order valence-corrected chi connectivity index (χ3v) is 4.22. The minimum absolute atomic E-state index is 0.112. The van der Waals surface area contributed by atoms with Gasteiger partial charge in [0.2, 0.25) is 0 Å². The summed E-state index contributed by atoms with van der Waals surface area (Å²) < 4.78 is 5.95. The minimum atomic E-state index is -0.645. The number of hydrogen-bond donors (Lipinski definition) is 2. The fourth-order valence-corrected chi connectivity index (χ4v) is 2.75. The number of benzene rings is 2. The van der Waals surface area contributed by atoms with E-state index in [4.69, 9.17) is 16.3 Å². The number of nitrogens with zero attached hydrogens (tertiary/aromatic N) is 1. The summed E-state index contributed by atoms with van der Waals surface area (Å²) in [5, 5.41) is 12.6. The molecule has 6 heteroatoms. The van der Waals surface area contributed by atoms with E-state index in [2.05, 4.69) is 5.32 Å². The SMILES string of the molecule is CCN1C(=O)c2cc(NCC(O)CCl)ccc2Oc2ccccc21. The molecule has 1 aliphatic rings. The van der Waals surface area contributed by atoms with E-state index < -0.39 is 6.10 Å². The van der Waals surface area contributed by atoms with E-state index in [1.54, 1.807) is 17.0 Å². The predicted molar refractivity (Wildman–Crippen MR) is 95.5 cm³/mol. The second kappa shape index (κ2) is 7.11. The number of rotatable bonds is 5. The van der Waals surface area contributed by atoms with Gasteiger partial charge in [-0.1, -0.05) is 12.1 Å². The first-order chi connectivity index (χ1) is 11.6. The van der Waals surface area contributed by atoms with E-state index in [0.29, 0.717) is 30.2 Å². The second-order valence-corrected chi connectivity index (χ2v) is 5.83. The molecule has 0 saturated carbocycles. The number of halogens is 1. The van der Waals surface area contributed by atoms with Crippen molar-refractivity contribution in [3.8, 4) is 11.5 Å². The Bertz CT molecular complexity index is 751. The van der Waals surface area contributed by atoms with Crippen LogP contribution in [0.15, 0.2) is 42.5 Å². The number of anilines is 2. The Morgan fingerprint density at radius 3 is 2.79 bits per heavy atom.